The van der Waals surface area contributed by atoms with E-state index in [1.807, 2.05) is 32.0 Å². The average molecular weight is 342 g/mol. The number of para-hydroxylation sites is 1. The van der Waals surface area contributed by atoms with E-state index < -0.39 is 17.9 Å². The molecule has 1 aromatic carbocycles. The van der Waals surface area contributed by atoms with E-state index in [1.165, 1.54) is 6.08 Å². The van der Waals surface area contributed by atoms with Gasteiger partial charge in [0, 0.05) is 11.1 Å². The van der Waals surface area contributed by atoms with Crippen LogP contribution in [0.25, 0.3) is 10.9 Å². The summed E-state index contributed by atoms with van der Waals surface area (Å²) >= 11 is 0. The zero-order chi connectivity index (χ0) is 18.4. The summed E-state index contributed by atoms with van der Waals surface area (Å²) in [6.07, 6.45) is 1.52. The van der Waals surface area contributed by atoms with Gasteiger partial charge < -0.3 is 15.2 Å². The molecule has 1 heterocycles. The second-order valence-electron chi connectivity index (χ2n) is 5.96. The Bertz CT molecular complexity index is 786. The number of carboxylic acid groups (broad SMARTS) is 1. The highest BCUT2D eigenvalue weighted by atomic mass is 16.5. The topological polar surface area (TPSA) is 88.5 Å². The second-order valence-corrected chi connectivity index (χ2v) is 5.96. The lowest BCUT2D eigenvalue weighted by atomic mass is 10.0. The summed E-state index contributed by atoms with van der Waals surface area (Å²) in [5, 5.41) is 12.5. The first-order valence-corrected chi connectivity index (χ1v) is 8.06. The van der Waals surface area contributed by atoms with E-state index in [4.69, 9.17) is 4.74 Å². The molecule has 1 aromatic heterocycles. The Hall–Kier alpha value is -2.73. The van der Waals surface area contributed by atoms with Crippen LogP contribution >= 0.6 is 0 Å². The maximum absolute atomic E-state index is 12.7. The molecule has 6 nitrogen and oxygen atoms in total. The maximum atomic E-state index is 12.7. The minimum atomic E-state index is -1.15. The molecule has 1 unspecified atom stereocenters. The van der Waals surface area contributed by atoms with Crippen LogP contribution in [0.2, 0.25) is 0 Å². The Kier molecular flexibility index (Phi) is 6.25. The van der Waals surface area contributed by atoms with Crippen LogP contribution in [0, 0.1) is 0 Å². The molecule has 0 aliphatic carbocycles. The SMILES string of the molecule is C=CCOCC(NC(=O)c1cc(C(C)C)nc2ccccc12)C(=O)O. The van der Waals surface area contributed by atoms with Gasteiger partial charge in [0.25, 0.3) is 5.91 Å². The van der Waals surface area contributed by atoms with E-state index in [2.05, 4.69) is 16.9 Å². The van der Waals surface area contributed by atoms with Crippen molar-refractivity contribution in [3.63, 3.8) is 0 Å². The van der Waals surface area contributed by atoms with Gasteiger partial charge in [-0.3, -0.25) is 9.78 Å². The standard InChI is InChI=1S/C19H22N2O4/c1-4-9-25-11-17(19(23)24)21-18(22)14-10-16(12(2)3)20-15-8-6-5-7-13(14)15/h4-8,10,12,17H,1,9,11H2,2-3H3,(H,21,22)(H,23,24). The number of carbonyl (C=O) groups is 2. The molecule has 0 aliphatic rings. The lowest BCUT2D eigenvalue weighted by molar-refractivity contribution is -0.140. The van der Waals surface area contributed by atoms with E-state index in [9.17, 15) is 14.7 Å². The number of aliphatic carboxylic acids is 1. The van der Waals surface area contributed by atoms with Crippen molar-refractivity contribution in [1.82, 2.24) is 10.3 Å². The van der Waals surface area contributed by atoms with Crippen LogP contribution in [0.1, 0.15) is 35.8 Å². The summed E-state index contributed by atoms with van der Waals surface area (Å²) in [5.74, 6) is -1.47. The first-order valence-electron chi connectivity index (χ1n) is 8.06. The Morgan fingerprint density at radius 3 is 2.72 bits per heavy atom. The number of aromatic nitrogens is 1. The molecule has 0 spiro atoms. The molecule has 25 heavy (non-hydrogen) atoms. The fourth-order valence-corrected chi connectivity index (χ4v) is 2.36. The van der Waals surface area contributed by atoms with Crippen molar-refractivity contribution in [2.45, 2.75) is 25.8 Å². The summed E-state index contributed by atoms with van der Waals surface area (Å²) in [7, 11) is 0. The predicted molar refractivity (Wildman–Crippen MR) is 95.7 cm³/mol. The molecule has 132 valence electrons. The number of hydrogen-bond acceptors (Lipinski definition) is 4. The van der Waals surface area contributed by atoms with Gasteiger partial charge in [0.2, 0.25) is 0 Å². The summed E-state index contributed by atoms with van der Waals surface area (Å²) in [4.78, 5) is 28.6. The molecule has 0 saturated carbocycles. The lowest BCUT2D eigenvalue weighted by Crippen LogP contribution is -2.44. The van der Waals surface area contributed by atoms with E-state index in [-0.39, 0.29) is 19.1 Å². The maximum Gasteiger partial charge on any atom is 0.328 e. The van der Waals surface area contributed by atoms with E-state index >= 15 is 0 Å². The summed E-state index contributed by atoms with van der Waals surface area (Å²) < 4.78 is 5.17. The Morgan fingerprint density at radius 1 is 1.36 bits per heavy atom. The van der Waals surface area contributed by atoms with Crippen molar-refractivity contribution < 1.29 is 19.4 Å². The van der Waals surface area contributed by atoms with Gasteiger partial charge in [-0.2, -0.15) is 0 Å². The molecule has 0 fully saturated rings. The number of carbonyl (C=O) groups excluding carboxylic acids is 1. The average Bonchev–Trinajstić information content (AvgIpc) is 2.59. The molecule has 2 rings (SSSR count). The first-order chi connectivity index (χ1) is 11.9. The number of nitrogens with one attached hydrogen (secondary N) is 1. The lowest BCUT2D eigenvalue weighted by Gasteiger charge is -2.16. The Balaban J connectivity index is 2.33. The Labute approximate surface area is 146 Å². The molecule has 0 aliphatic heterocycles. The second kappa shape index (κ2) is 8.39. The number of pyridine rings is 1. The van der Waals surface area contributed by atoms with E-state index in [0.29, 0.717) is 16.5 Å². The number of rotatable bonds is 8. The van der Waals surface area contributed by atoms with Crippen LogP contribution < -0.4 is 5.32 Å². The highest BCUT2D eigenvalue weighted by Crippen LogP contribution is 2.22. The Morgan fingerprint density at radius 2 is 2.08 bits per heavy atom. The molecule has 0 radical (unpaired) electrons. The zero-order valence-electron chi connectivity index (χ0n) is 14.4. The van der Waals surface area contributed by atoms with Crippen molar-refractivity contribution in [1.29, 1.82) is 0 Å². The number of amides is 1. The van der Waals surface area contributed by atoms with Crippen LogP contribution in [0.15, 0.2) is 43.0 Å². The normalized spacial score (nSPS) is 12.1. The smallest absolute Gasteiger partial charge is 0.328 e. The molecular formula is C19H22N2O4. The third kappa shape index (κ3) is 4.64. The monoisotopic (exact) mass is 342 g/mol. The molecule has 0 bridgehead atoms. The highest BCUT2D eigenvalue weighted by Gasteiger charge is 2.22. The van der Waals surface area contributed by atoms with Crippen LogP contribution in [-0.2, 0) is 9.53 Å². The van der Waals surface area contributed by atoms with Gasteiger partial charge in [-0.25, -0.2) is 4.79 Å². The third-order valence-electron chi connectivity index (χ3n) is 3.70. The molecule has 1 amide bonds. The van der Waals surface area contributed by atoms with Crippen molar-refractivity contribution in [3.05, 3.63) is 54.2 Å². The van der Waals surface area contributed by atoms with Crippen molar-refractivity contribution in [3.8, 4) is 0 Å². The van der Waals surface area contributed by atoms with Gasteiger partial charge in [0.05, 0.1) is 24.3 Å². The van der Waals surface area contributed by atoms with Crippen LogP contribution in [0.3, 0.4) is 0 Å². The van der Waals surface area contributed by atoms with Crippen molar-refractivity contribution in [2.75, 3.05) is 13.2 Å². The summed E-state index contributed by atoms with van der Waals surface area (Å²) in [6, 6.07) is 7.88. The van der Waals surface area contributed by atoms with Gasteiger partial charge in [0.1, 0.15) is 0 Å². The third-order valence-corrected chi connectivity index (χ3v) is 3.70. The van der Waals surface area contributed by atoms with Crippen molar-refractivity contribution >= 4 is 22.8 Å². The van der Waals surface area contributed by atoms with Gasteiger partial charge in [0.15, 0.2) is 6.04 Å². The molecular weight excluding hydrogens is 320 g/mol. The number of fused-ring (bicyclic) bond motifs is 1. The zero-order valence-corrected chi connectivity index (χ0v) is 14.4. The number of carboxylic acids is 1. The fraction of sp³-hybridized carbons (Fsp3) is 0.316. The molecule has 6 heteroatoms. The number of ether oxygens (including phenoxy) is 1. The van der Waals surface area contributed by atoms with Gasteiger partial charge in [-0.15, -0.1) is 6.58 Å². The number of benzene rings is 1. The number of hydrogen-bond donors (Lipinski definition) is 2. The van der Waals surface area contributed by atoms with E-state index in [0.717, 1.165) is 5.69 Å². The summed E-state index contributed by atoms with van der Waals surface area (Å²) in [5.41, 5.74) is 1.89. The van der Waals surface area contributed by atoms with Gasteiger partial charge >= 0.3 is 5.97 Å². The largest absolute Gasteiger partial charge is 0.480 e. The minimum Gasteiger partial charge on any atom is -0.480 e. The van der Waals surface area contributed by atoms with E-state index in [1.54, 1.807) is 12.1 Å². The highest BCUT2D eigenvalue weighted by molar-refractivity contribution is 6.07. The molecule has 1 atom stereocenters. The van der Waals surface area contributed by atoms with Crippen LogP contribution in [0.4, 0.5) is 0 Å². The first kappa shape index (κ1) is 18.6. The van der Waals surface area contributed by atoms with Crippen LogP contribution in [-0.4, -0.2) is 41.2 Å². The fourth-order valence-electron chi connectivity index (χ4n) is 2.36. The van der Waals surface area contributed by atoms with Crippen molar-refractivity contribution in [2.24, 2.45) is 0 Å². The summed E-state index contributed by atoms with van der Waals surface area (Å²) in [6.45, 7) is 7.57. The van der Waals surface area contributed by atoms with Crippen LogP contribution in [0.5, 0.6) is 0 Å². The van der Waals surface area contributed by atoms with Gasteiger partial charge in [-0.05, 0) is 18.1 Å². The minimum absolute atomic E-state index is 0.132. The number of nitrogens with zero attached hydrogens (tertiary/aromatic N) is 1. The molecule has 2 N–H and O–H groups in total. The molecule has 0 saturated heterocycles. The quantitative estimate of drug-likeness (QED) is 0.569. The molecule has 2 aromatic rings. The predicted octanol–water partition coefficient (Wildman–Crippen LogP) is 2.74. The van der Waals surface area contributed by atoms with Gasteiger partial charge in [-0.1, -0.05) is 38.1 Å².